The van der Waals surface area contributed by atoms with Crippen LogP contribution in [0.25, 0.3) is 0 Å². The molecule has 2 rings (SSSR count). The van der Waals surface area contributed by atoms with Gasteiger partial charge in [-0.2, -0.15) is 11.8 Å². The Morgan fingerprint density at radius 3 is 2.91 bits per heavy atom. The minimum Gasteiger partial charge on any atom is -0.467 e. The van der Waals surface area contributed by atoms with Crippen LogP contribution in [0.4, 0.5) is 10.5 Å². The highest BCUT2D eigenvalue weighted by Gasteiger charge is 2.27. The summed E-state index contributed by atoms with van der Waals surface area (Å²) in [6.07, 6.45) is 4.44. The zero-order chi connectivity index (χ0) is 15.9. The SMILES string of the molecule is COC(=O)C(CCSC)NC(=O)N1CCCc2ccccc21. The monoisotopic (exact) mass is 322 g/mol. The van der Waals surface area contributed by atoms with Crippen LogP contribution in [0.15, 0.2) is 24.3 Å². The standard InChI is InChI=1S/C16H22N2O3S/c1-21-15(19)13(9-11-22-2)17-16(20)18-10-5-7-12-6-3-4-8-14(12)18/h3-4,6,8,13H,5,7,9-11H2,1-2H3,(H,17,20). The van der Waals surface area contributed by atoms with Crippen LogP contribution < -0.4 is 10.2 Å². The van der Waals surface area contributed by atoms with Gasteiger partial charge in [-0.25, -0.2) is 9.59 Å². The number of carbonyl (C=O) groups excluding carboxylic acids is 2. The third-order valence-electron chi connectivity index (χ3n) is 3.75. The number of amides is 2. The second-order valence-corrected chi connectivity index (χ2v) is 6.18. The molecule has 1 aromatic carbocycles. The molecule has 5 nitrogen and oxygen atoms in total. The molecule has 0 radical (unpaired) electrons. The Labute approximate surface area is 135 Å². The molecule has 0 aliphatic carbocycles. The van der Waals surface area contributed by atoms with Crippen molar-refractivity contribution in [3.8, 4) is 0 Å². The topological polar surface area (TPSA) is 58.6 Å². The first-order chi connectivity index (χ1) is 10.7. The Morgan fingerprint density at radius 1 is 1.41 bits per heavy atom. The molecular weight excluding hydrogens is 300 g/mol. The van der Waals surface area contributed by atoms with Crippen LogP contribution >= 0.6 is 11.8 Å². The lowest BCUT2D eigenvalue weighted by molar-refractivity contribution is -0.142. The number of benzene rings is 1. The molecule has 6 heteroatoms. The highest BCUT2D eigenvalue weighted by Crippen LogP contribution is 2.26. The fraction of sp³-hybridized carbons (Fsp3) is 0.500. The van der Waals surface area contributed by atoms with Gasteiger partial charge in [0.25, 0.3) is 0 Å². The van der Waals surface area contributed by atoms with E-state index in [1.807, 2.05) is 30.5 Å². The predicted molar refractivity (Wildman–Crippen MR) is 89.4 cm³/mol. The van der Waals surface area contributed by atoms with E-state index >= 15 is 0 Å². The third kappa shape index (κ3) is 3.94. The molecule has 1 aromatic rings. The van der Waals surface area contributed by atoms with Crippen molar-refractivity contribution < 1.29 is 14.3 Å². The summed E-state index contributed by atoms with van der Waals surface area (Å²) >= 11 is 1.64. The molecule has 1 atom stereocenters. The summed E-state index contributed by atoms with van der Waals surface area (Å²) < 4.78 is 4.79. The minimum absolute atomic E-state index is 0.233. The lowest BCUT2D eigenvalue weighted by Crippen LogP contribution is -2.50. The Kier molecular flexibility index (Phi) is 6.12. The molecule has 0 saturated heterocycles. The second kappa shape index (κ2) is 8.08. The molecule has 1 aliphatic heterocycles. The van der Waals surface area contributed by atoms with Gasteiger partial charge >= 0.3 is 12.0 Å². The van der Waals surface area contributed by atoms with Crippen molar-refractivity contribution in [2.45, 2.75) is 25.3 Å². The zero-order valence-corrected chi connectivity index (χ0v) is 13.8. The molecule has 1 aliphatic rings. The van der Waals surface area contributed by atoms with Crippen LogP contribution in [0.2, 0.25) is 0 Å². The van der Waals surface area contributed by atoms with E-state index in [0.29, 0.717) is 13.0 Å². The number of ether oxygens (including phenoxy) is 1. The molecule has 0 fully saturated rings. The Bertz CT molecular complexity index is 536. The summed E-state index contributed by atoms with van der Waals surface area (Å²) in [6.45, 7) is 0.666. The van der Waals surface area contributed by atoms with E-state index in [1.54, 1.807) is 16.7 Å². The quantitative estimate of drug-likeness (QED) is 0.846. The van der Waals surface area contributed by atoms with Crippen molar-refractivity contribution in [1.82, 2.24) is 5.32 Å². The van der Waals surface area contributed by atoms with Gasteiger partial charge in [0.1, 0.15) is 6.04 Å². The van der Waals surface area contributed by atoms with Crippen molar-refractivity contribution in [2.24, 2.45) is 0 Å². The number of methoxy groups -OCH3 is 1. The molecule has 2 amide bonds. The van der Waals surface area contributed by atoms with Gasteiger partial charge in [-0.1, -0.05) is 18.2 Å². The normalized spacial score (nSPS) is 14.9. The van der Waals surface area contributed by atoms with Crippen LogP contribution in [0.3, 0.4) is 0 Å². The van der Waals surface area contributed by atoms with Crippen molar-refractivity contribution >= 4 is 29.4 Å². The smallest absolute Gasteiger partial charge is 0.328 e. The minimum atomic E-state index is -0.598. The number of carbonyl (C=O) groups is 2. The summed E-state index contributed by atoms with van der Waals surface area (Å²) in [4.78, 5) is 26.1. The molecule has 1 unspecified atom stereocenters. The van der Waals surface area contributed by atoms with E-state index < -0.39 is 12.0 Å². The number of para-hydroxylation sites is 1. The molecule has 120 valence electrons. The number of urea groups is 1. The first-order valence-corrected chi connectivity index (χ1v) is 8.79. The average molecular weight is 322 g/mol. The van der Waals surface area contributed by atoms with Crippen LogP contribution in [0.1, 0.15) is 18.4 Å². The lowest BCUT2D eigenvalue weighted by atomic mass is 10.0. The van der Waals surface area contributed by atoms with Gasteiger partial charge in [-0.3, -0.25) is 4.90 Å². The van der Waals surface area contributed by atoms with E-state index in [2.05, 4.69) is 5.32 Å². The predicted octanol–water partition coefficient (Wildman–Crippen LogP) is 2.44. The summed E-state index contributed by atoms with van der Waals surface area (Å²) in [5.74, 6) is 0.393. The number of hydrogen-bond donors (Lipinski definition) is 1. The van der Waals surface area contributed by atoms with E-state index in [0.717, 1.165) is 24.3 Å². The molecule has 22 heavy (non-hydrogen) atoms. The van der Waals surface area contributed by atoms with E-state index in [-0.39, 0.29) is 6.03 Å². The average Bonchev–Trinajstić information content (AvgIpc) is 2.57. The van der Waals surface area contributed by atoms with Crippen molar-refractivity contribution in [3.05, 3.63) is 29.8 Å². The maximum absolute atomic E-state index is 12.6. The largest absolute Gasteiger partial charge is 0.467 e. The van der Waals surface area contributed by atoms with Crippen LogP contribution in [0, 0.1) is 0 Å². The van der Waals surface area contributed by atoms with Gasteiger partial charge in [0.2, 0.25) is 0 Å². The van der Waals surface area contributed by atoms with Crippen molar-refractivity contribution in [2.75, 3.05) is 30.6 Å². The first kappa shape index (κ1) is 16.7. The first-order valence-electron chi connectivity index (χ1n) is 7.40. The molecule has 0 bridgehead atoms. The molecule has 1 heterocycles. The molecule has 1 N–H and O–H groups in total. The number of nitrogens with zero attached hydrogens (tertiary/aromatic N) is 1. The van der Waals surface area contributed by atoms with E-state index in [9.17, 15) is 9.59 Å². The number of aryl methyl sites for hydroxylation is 1. The molecular formula is C16H22N2O3S. The zero-order valence-electron chi connectivity index (χ0n) is 13.0. The lowest BCUT2D eigenvalue weighted by Gasteiger charge is -2.30. The third-order valence-corrected chi connectivity index (χ3v) is 4.39. The number of hydrogen-bond acceptors (Lipinski definition) is 4. The summed E-state index contributed by atoms with van der Waals surface area (Å²) in [7, 11) is 1.34. The maximum atomic E-state index is 12.6. The Balaban J connectivity index is 2.09. The molecule has 0 aromatic heterocycles. The Hall–Kier alpha value is -1.69. The Morgan fingerprint density at radius 2 is 2.18 bits per heavy atom. The van der Waals surface area contributed by atoms with Gasteiger partial charge in [0.05, 0.1) is 7.11 Å². The van der Waals surface area contributed by atoms with Crippen molar-refractivity contribution in [3.63, 3.8) is 0 Å². The van der Waals surface area contributed by atoms with Gasteiger partial charge in [0.15, 0.2) is 0 Å². The van der Waals surface area contributed by atoms with Crippen LogP contribution in [-0.2, 0) is 16.0 Å². The number of thioether (sulfide) groups is 1. The van der Waals surface area contributed by atoms with Gasteiger partial charge < -0.3 is 10.1 Å². The highest BCUT2D eigenvalue weighted by molar-refractivity contribution is 7.98. The fourth-order valence-electron chi connectivity index (χ4n) is 2.60. The fourth-order valence-corrected chi connectivity index (χ4v) is 3.07. The maximum Gasteiger partial charge on any atom is 0.328 e. The number of esters is 1. The number of rotatable bonds is 5. The van der Waals surface area contributed by atoms with E-state index in [1.165, 1.54) is 12.7 Å². The van der Waals surface area contributed by atoms with E-state index in [4.69, 9.17) is 4.74 Å². The number of anilines is 1. The molecule has 0 saturated carbocycles. The summed E-state index contributed by atoms with van der Waals surface area (Å²) in [5.41, 5.74) is 2.10. The van der Waals surface area contributed by atoms with Gasteiger partial charge in [0, 0.05) is 12.2 Å². The number of nitrogens with one attached hydrogen (secondary N) is 1. The molecule has 0 spiro atoms. The summed E-state index contributed by atoms with van der Waals surface area (Å²) in [6, 6.07) is 7.07. The van der Waals surface area contributed by atoms with Crippen LogP contribution in [0.5, 0.6) is 0 Å². The van der Waals surface area contributed by atoms with Gasteiger partial charge in [-0.05, 0) is 42.9 Å². The highest BCUT2D eigenvalue weighted by atomic mass is 32.2. The second-order valence-electron chi connectivity index (χ2n) is 5.19. The number of fused-ring (bicyclic) bond motifs is 1. The van der Waals surface area contributed by atoms with Gasteiger partial charge in [-0.15, -0.1) is 0 Å². The van der Waals surface area contributed by atoms with Crippen LogP contribution in [-0.4, -0.2) is 43.7 Å². The van der Waals surface area contributed by atoms with Crippen molar-refractivity contribution in [1.29, 1.82) is 0 Å². The summed E-state index contributed by atoms with van der Waals surface area (Å²) in [5, 5.41) is 2.81.